The number of Topliss-reactive ketones (excluding diaryl/α,β-unsaturated/α-hetero) is 1. The Kier molecular flexibility index (Phi) is 2.43. The summed E-state index contributed by atoms with van der Waals surface area (Å²) in [5.74, 6) is 2.48. The van der Waals surface area contributed by atoms with E-state index in [1.807, 2.05) is 12.1 Å². The number of fused-ring (bicyclic) bond motifs is 5. The minimum Gasteiger partial charge on any atom is -0.294 e. The van der Waals surface area contributed by atoms with Crippen LogP contribution in [0.2, 0.25) is 0 Å². The SMILES string of the molecule is C[C@@]12CCC[C@H]1[C@@H]1CC(=O)c3ccccc3[C@H]1CC2. The monoisotopic (exact) mass is 254 g/mol. The highest BCUT2D eigenvalue weighted by Gasteiger charge is 2.51. The molecule has 1 aromatic carbocycles. The van der Waals surface area contributed by atoms with Crippen LogP contribution in [0.1, 0.15) is 67.3 Å². The maximum Gasteiger partial charge on any atom is 0.163 e. The molecule has 1 heteroatoms. The Hall–Kier alpha value is -1.11. The molecule has 0 bridgehead atoms. The Morgan fingerprint density at radius 2 is 2.00 bits per heavy atom. The first kappa shape index (κ1) is 11.7. The van der Waals surface area contributed by atoms with Crippen molar-refractivity contribution in [2.75, 3.05) is 0 Å². The van der Waals surface area contributed by atoms with Crippen molar-refractivity contribution in [3.8, 4) is 0 Å². The fraction of sp³-hybridized carbons (Fsp3) is 0.611. The van der Waals surface area contributed by atoms with E-state index < -0.39 is 0 Å². The maximum atomic E-state index is 12.4. The summed E-state index contributed by atoms with van der Waals surface area (Å²) in [4.78, 5) is 12.4. The number of hydrogen-bond acceptors (Lipinski definition) is 1. The fourth-order valence-corrected chi connectivity index (χ4v) is 5.35. The van der Waals surface area contributed by atoms with Gasteiger partial charge in [0, 0.05) is 12.0 Å². The number of benzene rings is 1. The molecule has 0 heterocycles. The van der Waals surface area contributed by atoms with Gasteiger partial charge in [0.1, 0.15) is 0 Å². The van der Waals surface area contributed by atoms with Crippen molar-refractivity contribution in [1.29, 1.82) is 0 Å². The molecule has 19 heavy (non-hydrogen) atoms. The Bertz CT molecular complexity index is 532. The van der Waals surface area contributed by atoms with E-state index in [1.54, 1.807) is 0 Å². The summed E-state index contributed by atoms with van der Waals surface area (Å²) >= 11 is 0. The van der Waals surface area contributed by atoms with Crippen molar-refractivity contribution >= 4 is 5.78 Å². The third kappa shape index (κ3) is 1.57. The molecule has 3 aliphatic carbocycles. The number of carbonyl (C=O) groups is 1. The van der Waals surface area contributed by atoms with Gasteiger partial charge in [0.15, 0.2) is 5.78 Å². The normalized spacial score (nSPS) is 40.5. The van der Waals surface area contributed by atoms with Crippen LogP contribution in [0.5, 0.6) is 0 Å². The van der Waals surface area contributed by atoms with Crippen LogP contribution in [0, 0.1) is 17.3 Å². The smallest absolute Gasteiger partial charge is 0.163 e. The molecule has 2 saturated carbocycles. The molecule has 1 aromatic rings. The van der Waals surface area contributed by atoms with E-state index in [-0.39, 0.29) is 0 Å². The lowest BCUT2D eigenvalue weighted by Crippen LogP contribution is -2.41. The Balaban J connectivity index is 1.78. The minimum absolute atomic E-state index is 0.396. The highest BCUT2D eigenvalue weighted by molar-refractivity contribution is 5.99. The highest BCUT2D eigenvalue weighted by Crippen LogP contribution is 2.60. The predicted molar refractivity (Wildman–Crippen MR) is 76.3 cm³/mol. The summed E-state index contributed by atoms with van der Waals surface area (Å²) in [6.45, 7) is 2.48. The lowest BCUT2D eigenvalue weighted by Gasteiger charge is -2.48. The molecule has 100 valence electrons. The molecular formula is C18H22O. The van der Waals surface area contributed by atoms with Crippen LogP contribution in [-0.2, 0) is 0 Å². The van der Waals surface area contributed by atoms with Gasteiger partial charge in [-0.15, -0.1) is 0 Å². The van der Waals surface area contributed by atoms with Gasteiger partial charge in [0.05, 0.1) is 0 Å². The van der Waals surface area contributed by atoms with Crippen molar-refractivity contribution in [3.63, 3.8) is 0 Å². The van der Waals surface area contributed by atoms with Crippen LogP contribution in [-0.4, -0.2) is 5.78 Å². The van der Waals surface area contributed by atoms with Crippen molar-refractivity contribution in [1.82, 2.24) is 0 Å². The van der Waals surface area contributed by atoms with E-state index in [4.69, 9.17) is 0 Å². The topological polar surface area (TPSA) is 17.1 Å². The van der Waals surface area contributed by atoms with Crippen LogP contribution in [0.4, 0.5) is 0 Å². The van der Waals surface area contributed by atoms with Gasteiger partial charge in [-0.3, -0.25) is 4.79 Å². The molecule has 0 radical (unpaired) electrons. The fourth-order valence-electron chi connectivity index (χ4n) is 5.35. The molecule has 0 N–H and O–H groups in total. The van der Waals surface area contributed by atoms with Crippen molar-refractivity contribution in [2.45, 2.75) is 51.4 Å². The molecule has 1 nitrogen and oxygen atoms in total. The molecule has 0 aromatic heterocycles. The molecule has 4 atom stereocenters. The molecule has 0 amide bonds. The van der Waals surface area contributed by atoms with Gasteiger partial charge >= 0.3 is 0 Å². The van der Waals surface area contributed by atoms with E-state index in [2.05, 4.69) is 19.1 Å². The first-order valence-electron chi connectivity index (χ1n) is 7.81. The van der Waals surface area contributed by atoms with E-state index >= 15 is 0 Å². The average Bonchev–Trinajstić information content (AvgIpc) is 2.81. The molecular weight excluding hydrogens is 232 g/mol. The highest BCUT2D eigenvalue weighted by atomic mass is 16.1. The van der Waals surface area contributed by atoms with Gasteiger partial charge in [-0.05, 0) is 54.4 Å². The lowest BCUT2D eigenvalue weighted by atomic mass is 9.55. The minimum atomic E-state index is 0.396. The zero-order valence-corrected chi connectivity index (χ0v) is 11.7. The molecule has 0 unspecified atom stereocenters. The van der Waals surface area contributed by atoms with Crippen LogP contribution >= 0.6 is 0 Å². The number of rotatable bonds is 0. The molecule has 0 aliphatic heterocycles. The zero-order valence-electron chi connectivity index (χ0n) is 11.7. The van der Waals surface area contributed by atoms with Gasteiger partial charge in [0.2, 0.25) is 0 Å². The molecule has 3 aliphatic rings. The largest absolute Gasteiger partial charge is 0.294 e. The molecule has 2 fully saturated rings. The maximum absolute atomic E-state index is 12.4. The lowest BCUT2D eigenvalue weighted by molar-refractivity contribution is 0.0527. The second kappa shape index (κ2) is 3.94. The average molecular weight is 254 g/mol. The van der Waals surface area contributed by atoms with Gasteiger partial charge in [0.25, 0.3) is 0 Å². The summed E-state index contributed by atoms with van der Waals surface area (Å²) in [6.07, 6.45) is 7.58. The first-order chi connectivity index (χ1) is 9.19. The third-order valence-corrected chi connectivity index (χ3v) is 6.30. The molecule has 0 saturated heterocycles. The van der Waals surface area contributed by atoms with Crippen molar-refractivity contribution in [3.05, 3.63) is 35.4 Å². The second-order valence-corrected chi connectivity index (χ2v) is 7.18. The Morgan fingerprint density at radius 3 is 2.89 bits per heavy atom. The van der Waals surface area contributed by atoms with Crippen LogP contribution in [0.25, 0.3) is 0 Å². The molecule has 0 spiro atoms. The van der Waals surface area contributed by atoms with Crippen LogP contribution in [0.15, 0.2) is 24.3 Å². The third-order valence-electron chi connectivity index (χ3n) is 6.30. The summed E-state index contributed by atoms with van der Waals surface area (Å²) in [6, 6.07) is 8.37. The van der Waals surface area contributed by atoms with Gasteiger partial charge < -0.3 is 0 Å². The molecule has 4 rings (SSSR count). The summed E-state index contributed by atoms with van der Waals surface area (Å²) in [5, 5.41) is 0. The van der Waals surface area contributed by atoms with E-state index in [1.165, 1.54) is 37.7 Å². The van der Waals surface area contributed by atoms with Crippen LogP contribution < -0.4 is 0 Å². The van der Waals surface area contributed by atoms with E-state index in [0.717, 1.165) is 17.9 Å². The van der Waals surface area contributed by atoms with E-state index in [0.29, 0.717) is 23.0 Å². The quantitative estimate of drug-likeness (QED) is 0.662. The standard InChI is InChI=1S/C18H22O/c1-18-9-4-7-16(18)15-11-17(19)14-6-3-2-5-12(14)13(15)8-10-18/h2-3,5-6,13,15-16H,4,7-11H2,1H3/t13-,15-,16+,18+/m1/s1. The second-order valence-electron chi connectivity index (χ2n) is 7.18. The summed E-state index contributed by atoms with van der Waals surface area (Å²) < 4.78 is 0. The van der Waals surface area contributed by atoms with Gasteiger partial charge in [-0.25, -0.2) is 0 Å². The van der Waals surface area contributed by atoms with E-state index in [9.17, 15) is 4.79 Å². The van der Waals surface area contributed by atoms with Gasteiger partial charge in [-0.2, -0.15) is 0 Å². The zero-order chi connectivity index (χ0) is 13.0. The number of hydrogen-bond donors (Lipinski definition) is 0. The van der Waals surface area contributed by atoms with Crippen molar-refractivity contribution < 1.29 is 4.79 Å². The first-order valence-corrected chi connectivity index (χ1v) is 7.81. The van der Waals surface area contributed by atoms with Crippen molar-refractivity contribution in [2.24, 2.45) is 17.3 Å². The number of ketones is 1. The Morgan fingerprint density at radius 1 is 1.16 bits per heavy atom. The van der Waals surface area contributed by atoms with Crippen LogP contribution in [0.3, 0.4) is 0 Å². The van der Waals surface area contributed by atoms with Gasteiger partial charge in [-0.1, -0.05) is 37.6 Å². The number of carbonyl (C=O) groups excluding carboxylic acids is 1. The summed E-state index contributed by atoms with van der Waals surface area (Å²) in [7, 11) is 0. The predicted octanol–water partition coefficient (Wildman–Crippen LogP) is 4.57. The summed E-state index contributed by atoms with van der Waals surface area (Å²) in [5.41, 5.74) is 2.91. The Labute approximate surface area is 115 Å².